The minimum absolute atomic E-state index is 0.366. The van der Waals surface area contributed by atoms with E-state index in [9.17, 15) is 8.78 Å². The third kappa shape index (κ3) is 3.39. The predicted molar refractivity (Wildman–Crippen MR) is 63.2 cm³/mol. The predicted octanol–water partition coefficient (Wildman–Crippen LogP) is 1.96. The Kier molecular flexibility index (Phi) is 5.62. The fourth-order valence-electron chi connectivity index (χ4n) is 2.63. The normalized spacial score (nSPS) is 31.5. The second-order valence-electron chi connectivity index (χ2n) is 4.93. The van der Waals surface area contributed by atoms with E-state index < -0.39 is 0 Å². The molecule has 0 N–H and O–H groups in total. The maximum Gasteiger partial charge on any atom is 0.102 e. The topological polar surface area (TPSA) is 6.48 Å². The first kappa shape index (κ1) is 13.8. The van der Waals surface area contributed by atoms with Crippen LogP contribution in [0.15, 0.2) is 0 Å². The minimum Gasteiger partial charge on any atom is -0.301 e. The van der Waals surface area contributed by atoms with Crippen LogP contribution in [0.2, 0.25) is 0 Å². The quantitative estimate of drug-likeness (QED) is 0.693. The van der Waals surface area contributed by atoms with Gasteiger partial charge < -0.3 is 4.90 Å². The van der Waals surface area contributed by atoms with Crippen molar-refractivity contribution in [2.24, 2.45) is 5.92 Å². The SMILES string of the molecule is CC1CC(CN(CCF)CCF)[C@@H](C)N1C. The zero-order valence-corrected chi connectivity index (χ0v) is 10.6. The Balaban J connectivity index is 2.45. The highest BCUT2D eigenvalue weighted by atomic mass is 19.1. The van der Waals surface area contributed by atoms with Crippen LogP contribution in [0.1, 0.15) is 20.3 Å². The van der Waals surface area contributed by atoms with Crippen molar-refractivity contribution < 1.29 is 8.78 Å². The monoisotopic (exact) mass is 234 g/mol. The van der Waals surface area contributed by atoms with Crippen LogP contribution in [0.3, 0.4) is 0 Å². The minimum atomic E-state index is -0.382. The van der Waals surface area contributed by atoms with Gasteiger partial charge in [-0.2, -0.15) is 0 Å². The van der Waals surface area contributed by atoms with E-state index in [0.717, 1.165) is 13.0 Å². The molecule has 0 spiro atoms. The molecule has 16 heavy (non-hydrogen) atoms. The molecule has 0 saturated carbocycles. The summed E-state index contributed by atoms with van der Waals surface area (Å²) in [5.41, 5.74) is 0. The van der Waals surface area contributed by atoms with Crippen LogP contribution in [0.5, 0.6) is 0 Å². The number of hydrogen-bond donors (Lipinski definition) is 0. The van der Waals surface area contributed by atoms with Crippen molar-refractivity contribution in [2.75, 3.05) is 40.0 Å². The van der Waals surface area contributed by atoms with Crippen molar-refractivity contribution in [3.05, 3.63) is 0 Å². The average molecular weight is 234 g/mol. The summed E-state index contributed by atoms with van der Waals surface area (Å²) in [6, 6.07) is 1.09. The number of halogens is 2. The van der Waals surface area contributed by atoms with Crippen LogP contribution >= 0.6 is 0 Å². The molecule has 1 saturated heterocycles. The van der Waals surface area contributed by atoms with Crippen molar-refractivity contribution in [3.8, 4) is 0 Å². The van der Waals surface area contributed by atoms with E-state index in [0.29, 0.717) is 31.1 Å². The molecular formula is C12H24F2N2. The Labute approximate surface area is 97.6 Å². The summed E-state index contributed by atoms with van der Waals surface area (Å²) in [6.45, 7) is 5.21. The molecule has 3 atom stereocenters. The summed E-state index contributed by atoms with van der Waals surface area (Å²) in [4.78, 5) is 4.26. The fraction of sp³-hybridized carbons (Fsp3) is 1.00. The van der Waals surface area contributed by atoms with Gasteiger partial charge in [0, 0.05) is 31.7 Å². The molecule has 4 heteroatoms. The molecule has 2 unspecified atom stereocenters. The molecule has 0 bridgehead atoms. The van der Waals surface area contributed by atoms with Crippen molar-refractivity contribution in [2.45, 2.75) is 32.4 Å². The van der Waals surface area contributed by atoms with Crippen molar-refractivity contribution in [1.29, 1.82) is 0 Å². The third-order valence-electron chi connectivity index (χ3n) is 3.96. The summed E-state index contributed by atoms with van der Waals surface area (Å²) in [5, 5.41) is 0. The first-order valence-corrected chi connectivity index (χ1v) is 6.16. The second kappa shape index (κ2) is 6.50. The molecule has 0 radical (unpaired) electrons. The fourth-order valence-corrected chi connectivity index (χ4v) is 2.63. The molecule has 2 nitrogen and oxygen atoms in total. The standard InChI is InChI=1S/C12H24F2N2/c1-10-8-12(11(2)15(10)3)9-16(6-4-13)7-5-14/h10-12H,4-9H2,1-3H3/t10?,11-,12?/m1/s1. The maximum absolute atomic E-state index is 12.3. The van der Waals surface area contributed by atoms with E-state index in [1.807, 2.05) is 4.90 Å². The van der Waals surface area contributed by atoms with Gasteiger partial charge in [0.05, 0.1) is 0 Å². The molecule has 1 aliphatic rings. The lowest BCUT2D eigenvalue weighted by molar-refractivity contribution is 0.175. The lowest BCUT2D eigenvalue weighted by Crippen LogP contribution is -2.37. The molecule has 96 valence electrons. The van der Waals surface area contributed by atoms with E-state index >= 15 is 0 Å². The highest BCUT2D eigenvalue weighted by Crippen LogP contribution is 2.28. The van der Waals surface area contributed by atoms with E-state index in [1.54, 1.807) is 0 Å². The Morgan fingerprint density at radius 2 is 1.75 bits per heavy atom. The van der Waals surface area contributed by atoms with Gasteiger partial charge in [-0.25, -0.2) is 8.78 Å². The largest absolute Gasteiger partial charge is 0.301 e. The third-order valence-corrected chi connectivity index (χ3v) is 3.96. The van der Waals surface area contributed by atoms with Crippen LogP contribution in [0.25, 0.3) is 0 Å². The summed E-state index contributed by atoms with van der Waals surface area (Å²) < 4.78 is 24.6. The van der Waals surface area contributed by atoms with Gasteiger partial charge in [-0.3, -0.25) is 4.90 Å². The Morgan fingerprint density at radius 3 is 2.12 bits per heavy atom. The van der Waals surface area contributed by atoms with Crippen molar-refractivity contribution in [3.63, 3.8) is 0 Å². The molecule has 0 aromatic carbocycles. The lowest BCUT2D eigenvalue weighted by Gasteiger charge is -2.27. The lowest BCUT2D eigenvalue weighted by atomic mass is 9.99. The molecule has 0 aromatic heterocycles. The van der Waals surface area contributed by atoms with Crippen molar-refractivity contribution >= 4 is 0 Å². The van der Waals surface area contributed by atoms with Gasteiger partial charge in [-0.1, -0.05) is 0 Å². The van der Waals surface area contributed by atoms with Gasteiger partial charge >= 0.3 is 0 Å². The molecular weight excluding hydrogens is 210 g/mol. The average Bonchev–Trinajstić information content (AvgIpc) is 2.47. The van der Waals surface area contributed by atoms with Crippen LogP contribution in [0.4, 0.5) is 8.78 Å². The smallest absolute Gasteiger partial charge is 0.102 e. The van der Waals surface area contributed by atoms with E-state index in [4.69, 9.17) is 0 Å². The first-order chi connectivity index (χ1) is 7.60. The van der Waals surface area contributed by atoms with Gasteiger partial charge in [0.25, 0.3) is 0 Å². The van der Waals surface area contributed by atoms with Gasteiger partial charge in [-0.05, 0) is 33.2 Å². The Morgan fingerprint density at radius 1 is 1.19 bits per heavy atom. The number of alkyl halides is 2. The first-order valence-electron chi connectivity index (χ1n) is 6.16. The summed E-state index contributed by atoms with van der Waals surface area (Å²) >= 11 is 0. The summed E-state index contributed by atoms with van der Waals surface area (Å²) in [5.74, 6) is 0.540. The van der Waals surface area contributed by atoms with Gasteiger partial charge in [0.15, 0.2) is 0 Å². The van der Waals surface area contributed by atoms with Gasteiger partial charge in [0.2, 0.25) is 0 Å². The van der Waals surface area contributed by atoms with E-state index in [1.165, 1.54) is 0 Å². The van der Waals surface area contributed by atoms with E-state index in [2.05, 4.69) is 25.8 Å². The Hall–Kier alpha value is -0.220. The van der Waals surface area contributed by atoms with Crippen LogP contribution < -0.4 is 0 Å². The number of likely N-dealkylation sites (tertiary alicyclic amines) is 1. The molecule has 1 fully saturated rings. The van der Waals surface area contributed by atoms with E-state index in [-0.39, 0.29) is 13.3 Å². The second-order valence-corrected chi connectivity index (χ2v) is 4.93. The van der Waals surface area contributed by atoms with Crippen LogP contribution in [-0.4, -0.2) is 61.9 Å². The van der Waals surface area contributed by atoms with Gasteiger partial charge in [0.1, 0.15) is 13.3 Å². The molecule has 0 aromatic rings. The number of hydrogen-bond acceptors (Lipinski definition) is 2. The van der Waals surface area contributed by atoms with Crippen LogP contribution in [-0.2, 0) is 0 Å². The van der Waals surface area contributed by atoms with Gasteiger partial charge in [-0.15, -0.1) is 0 Å². The molecule has 1 rings (SSSR count). The summed E-state index contributed by atoms with van der Waals surface area (Å²) in [7, 11) is 2.13. The summed E-state index contributed by atoms with van der Waals surface area (Å²) in [6.07, 6.45) is 1.13. The molecule has 0 amide bonds. The zero-order chi connectivity index (χ0) is 12.1. The number of rotatable bonds is 6. The maximum atomic E-state index is 12.3. The highest BCUT2D eigenvalue weighted by Gasteiger charge is 2.34. The molecule has 1 aliphatic heterocycles. The molecule has 0 aliphatic carbocycles. The van der Waals surface area contributed by atoms with Crippen LogP contribution in [0, 0.1) is 5.92 Å². The molecule has 1 heterocycles. The van der Waals surface area contributed by atoms with Crippen molar-refractivity contribution in [1.82, 2.24) is 9.80 Å². The zero-order valence-electron chi connectivity index (χ0n) is 10.6. The Bertz CT molecular complexity index is 195. The highest BCUT2D eigenvalue weighted by molar-refractivity contribution is 4.88. The number of nitrogens with zero attached hydrogens (tertiary/aromatic N) is 2.